The van der Waals surface area contributed by atoms with Gasteiger partial charge in [0.15, 0.2) is 0 Å². The van der Waals surface area contributed by atoms with Crippen molar-refractivity contribution in [1.82, 2.24) is 10.2 Å². The molecular formula is C26H30FN3O5S. The maximum atomic E-state index is 13.6. The summed E-state index contributed by atoms with van der Waals surface area (Å²) in [5.74, 6) is -1.07. The third kappa shape index (κ3) is 4.93. The lowest BCUT2D eigenvalue weighted by atomic mass is 9.83. The molecule has 0 aliphatic carbocycles. The molecule has 1 aliphatic rings. The first-order valence-corrected chi connectivity index (χ1v) is 13.1. The molecule has 4 rings (SSSR count). The van der Waals surface area contributed by atoms with Gasteiger partial charge in [-0.1, -0.05) is 0 Å². The zero-order valence-corrected chi connectivity index (χ0v) is 21.8. The number of benzene rings is 2. The number of likely N-dealkylation sites (tertiary alicyclic amines) is 1. The molecule has 10 heteroatoms. The van der Waals surface area contributed by atoms with Gasteiger partial charge in [0, 0.05) is 37.2 Å². The Bertz CT molecular complexity index is 1280. The number of anilines is 1. The summed E-state index contributed by atoms with van der Waals surface area (Å²) in [5, 5.41) is 3.26. The Hall–Kier alpha value is -3.08. The third-order valence-electron chi connectivity index (χ3n) is 6.73. The van der Waals surface area contributed by atoms with Crippen molar-refractivity contribution in [3.8, 4) is 11.3 Å². The van der Waals surface area contributed by atoms with Crippen molar-refractivity contribution < 1.29 is 27.7 Å². The van der Waals surface area contributed by atoms with Crippen LogP contribution < -0.4 is 9.62 Å². The molecule has 1 aliphatic heterocycles. The number of hydrogen-bond acceptors (Lipinski definition) is 7. The molecule has 2 heterocycles. The number of piperidine rings is 1. The quantitative estimate of drug-likeness (QED) is 0.396. The second kappa shape index (κ2) is 10.5. The minimum atomic E-state index is -1.33. The second-order valence-corrected chi connectivity index (χ2v) is 10.5. The number of halogens is 1. The molecule has 3 unspecified atom stereocenters. The molecule has 1 N–H and O–H groups in total. The number of fused-ring (bicyclic) bond motifs is 1. The van der Waals surface area contributed by atoms with Gasteiger partial charge in [-0.3, -0.25) is 9.59 Å². The highest BCUT2D eigenvalue weighted by molar-refractivity contribution is 7.92. The van der Waals surface area contributed by atoms with E-state index in [2.05, 4.69) is 10.2 Å². The number of nitrogens with one attached hydrogen (secondary N) is 1. The summed E-state index contributed by atoms with van der Waals surface area (Å²) in [6, 6.07) is 9.43. The van der Waals surface area contributed by atoms with Gasteiger partial charge in [0.05, 0.1) is 42.7 Å². The lowest BCUT2D eigenvalue weighted by Crippen LogP contribution is -2.41. The standard InChI is InChI=1S/C26H30FN3O5S/c1-28-25(31)23-20-11-19(16-10-17(26(32)34-4)14-29(2)13-16)21(30(3)36(5)33)12-22(20)35-24(23)15-6-8-18(27)9-7-15/h6-9,11-12,16-17H,10,13-14H2,1-5H3,(H,28,31). The normalized spacial score (nSPS) is 19.2. The Morgan fingerprint density at radius 2 is 1.94 bits per heavy atom. The number of rotatable bonds is 6. The van der Waals surface area contributed by atoms with Crippen molar-refractivity contribution in [1.29, 1.82) is 0 Å². The maximum absolute atomic E-state index is 13.6. The predicted octanol–water partition coefficient (Wildman–Crippen LogP) is 3.54. The van der Waals surface area contributed by atoms with Crippen molar-refractivity contribution in [2.24, 2.45) is 5.92 Å². The first kappa shape index (κ1) is 26.0. The van der Waals surface area contributed by atoms with E-state index in [1.54, 1.807) is 35.8 Å². The minimum Gasteiger partial charge on any atom is -0.593 e. The van der Waals surface area contributed by atoms with Crippen LogP contribution in [0.5, 0.6) is 0 Å². The van der Waals surface area contributed by atoms with Crippen molar-refractivity contribution in [2.75, 3.05) is 51.9 Å². The van der Waals surface area contributed by atoms with Gasteiger partial charge in [-0.2, -0.15) is 4.31 Å². The number of carbonyl (C=O) groups is 2. The van der Waals surface area contributed by atoms with E-state index < -0.39 is 17.2 Å². The fraction of sp³-hybridized carbons (Fsp3) is 0.385. The molecule has 0 bridgehead atoms. The average Bonchev–Trinajstić information content (AvgIpc) is 3.24. The van der Waals surface area contributed by atoms with Crippen LogP contribution in [0.3, 0.4) is 0 Å². The van der Waals surface area contributed by atoms with Gasteiger partial charge in [0.1, 0.15) is 23.4 Å². The van der Waals surface area contributed by atoms with Crippen LogP contribution in [0, 0.1) is 11.7 Å². The Kier molecular flexibility index (Phi) is 7.58. The highest BCUT2D eigenvalue weighted by Gasteiger charge is 2.35. The van der Waals surface area contributed by atoms with Crippen LogP contribution in [0.1, 0.15) is 28.3 Å². The first-order valence-electron chi connectivity index (χ1n) is 11.6. The van der Waals surface area contributed by atoms with Gasteiger partial charge in [-0.25, -0.2) is 4.39 Å². The average molecular weight is 516 g/mol. The summed E-state index contributed by atoms with van der Waals surface area (Å²) in [6.07, 6.45) is 2.14. The molecule has 1 fully saturated rings. The molecule has 0 saturated carbocycles. The van der Waals surface area contributed by atoms with Gasteiger partial charge >= 0.3 is 5.97 Å². The number of esters is 1. The maximum Gasteiger partial charge on any atom is 0.309 e. The first-order chi connectivity index (χ1) is 17.1. The molecule has 3 atom stereocenters. The van der Waals surface area contributed by atoms with Crippen molar-refractivity contribution >= 4 is 39.9 Å². The number of nitrogens with zero attached hydrogens (tertiary/aromatic N) is 2. The van der Waals surface area contributed by atoms with Crippen LogP contribution in [-0.2, 0) is 20.9 Å². The van der Waals surface area contributed by atoms with Crippen molar-refractivity contribution in [3.05, 3.63) is 53.3 Å². The molecule has 3 aromatic rings. The molecule has 1 amide bonds. The topological polar surface area (TPSA) is 98.1 Å². The van der Waals surface area contributed by atoms with E-state index in [-0.39, 0.29) is 23.7 Å². The number of hydrogen-bond donors (Lipinski definition) is 1. The van der Waals surface area contributed by atoms with Crippen LogP contribution in [0.2, 0.25) is 0 Å². The Labute approximate surface area is 212 Å². The summed E-state index contributed by atoms with van der Waals surface area (Å²) in [4.78, 5) is 27.5. The van der Waals surface area contributed by atoms with E-state index >= 15 is 0 Å². The molecule has 0 spiro atoms. The van der Waals surface area contributed by atoms with Crippen LogP contribution in [0.25, 0.3) is 22.3 Å². The third-order valence-corrected chi connectivity index (χ3v) is 7.70. The number of amides is 1. The molecule has 0 radical (unpaired) electrons. The molecule has 8 nitrogen and oxygen atoms in total. The summed E-state index contributed by atoms with van der Waals surface area (Å²) >= 11 is -1.33. The molecule has 1 aromatic heterocycles. The van der Waals surface area contributed by atoms with Gasteiger partial charge in [-0.15, -0.1) is 0 Å². The Morgan fingerprint density at radius 1 is 1.25 bits per heavy atom. The lowest BCUT2D eigenvalue weighted by Gasteiger charge is -2.36. The van der Waals surface area contributed by atoms with Crippen LogP contribution in [0.15, 0.2) is 40.8 Å². The van der Waals surface area contributed by atoms with E-state index in [1.807, 2.05) is 13.1 Å². The summed E-state index contributed by atoms with van der Waals surface area (Å²) in [7, 11) is 6.60. The summed E-state index contributed by atoms with van der Waals surface area (Å²) in [6.45, 7) is 1.26. The van der Waals surface area contributed by atoms with Crippen LogP contribution in [-0.4, -0.2) is 68.9 Å². The molecule has 192 valence electrons. The fourth-order valence-corrected chi connectivity index (χ4v) is 5.36. The molecule has 1 saturated heterocycles. The molecular weight excluding hydrogens is 485 g/mol. The lowest BCUT2D eigenvalue weighted by molar-refractivity contribution is -0.147. The Morgan fingerprint density at radius 3 is 2.56 bits per heavy atom. The van der Waals surface area contributed by atoms with Crippen molar-refractivity contribution in [3.63, 3.8) is 0 Å². The highest BCUT2D eigenvalue weighted by Crippen LogP contribution is 2.42. The number of furan rings is 1. The second-order valence-electron chi connectivity index (χ2n) is 9.09. The zero-order valence-electron chi connectivity index (χ0n) is 21.0. The highest BCUT2D eigenvalue weighted by atomic mass is 32.2. The van der Waals surface area contributed by atoms with E-state index in [1.165, 1.54) is 26.3 Å². The smallest absolute Gasteiger partial charge is 0.309 e. The number of carbonyl (C=O) groups excluding carboxylic acids is 2. The van der Waals surface area contributed by atoms with Gasteiger partial charge in [0.25, 0.3) is 5.91 Å². The zero-order chi connectivity index (χ0) is 26.1. The van der Waals surface area contributed by atoms with E-state index in [9.17, 15) is 18.5 Å². The largest absolute Gasteiger partial charge is 0.593 e. The minimum absolute atomic E-state index is 0.0834. The van der Waals surface area contributed by atoms with Crippen molar-refractivity contribution in [2.45, 2.75) is 12.3 Å². The number of ether oxygens (including phenoxy) is 1. The molecule has 2 aromatic carbocycles. The monoisotopic (exact) mass is 515 g/mol. The Balaban J connectivity index is 1.94. The number of likely N-dealkylation sites (N-methyl/N-ethyl adjacent to an activating group) is 1. The fourth-order valence-electron chi connectivity index (χ4n) is 4.92. The number of methoxy groups -OCH3 is 1. The van der Waals surface area contributed by atoms with Gasteiger partial charge < -0.3 is 23.9 Å². The van der Waals surface area contributed by atoms with Gasteiger partial charge in [0.2, 0.25) is 0 Å². The van der Waals surface area contributed by atoms with Gasteiger partial charge in [-0.05, 0) is 55.3 Å². The predicted molar refractivity (Wildman–Crippen MR) is 138 cm³/mol. The molecule has 36 heavy (non-hydrogen) atoms. The SMILES string of the molecule is CNC(=O)c1c(-c2ccc(F)cc2)oc2cc(N(C)[S+](C)[O-])c(C3CC(C(=O)OC)CN(C)C3)cc12. The summed E-state index contributed by atoms with van der Waals surface area (Å²) < 4.78 is 38.9. The van der Waals surface area contributed by atoms with E-state index in [0.717, 1.165) is 5.56 Å². The summed E-state index contributed by atoms with van der Waals surface area (Å²) in [5.41, 5.74) is 2.88. The van der Waals surface area contributed by atoms with Crippen LogP contribution in [0.4, 0.5) is 10.1 Å². The van der Waals surface area contributed by atoms with E-state index in [0.29, 0.717) is 53.1 Å². The van der Waals surface area contributed by atoms with E-state index in [4.69, 9.17) is 9.15 Å². The van der Waals surface area contributed by atoms with Crippen LogP contribution >= 0.6 is 0 Å².